The zero-order chi connectivity index (χ0) is 11.5. The molecule has 5 N–H and O–H groups in total. The first-order chi connectivity index (χ1) is 7.00. The van der Waals surface area contributed by atoms with Gasteiger partial charge in [-0.2, -0.15) is 0 Å². The van der Waals surface area contributed by atoms with Gasteiger partial charge >= 0.3 is 0 Å². The fourth-order valence-corrected chi connectivity index (χ4v) is 1.28. The summed E-state index contributed by atoms with van der Waals surface area (Å²) in [5.74, 6) is 0. The third-order valence-electron chi connectivity index (χ3n) is 2.15. The van der Waals surface area contributed by atoms with Crippen molar-refractivity contribution in [2.75, 3.05) is 24.3 Å². The molecule has 0 atom stereocenters. The first kappa shape index (κ1) is 12.1. The molecule has 1 aromatic carbocycles. The van der Waals surface area contributed by atoms with Gasteiger partial charge in [0.1, 0.15) is 0 Å². The largest absolute Gasteiger partial charge is 0.397 e. The normalized spacial score (nSPS) is 11.5. The van der Waals surface area contributed by atoms with Gasteiger partial charge in [-0.3, -0.25) is 0 Å². The molecule has 0 aliphatic rings. The molecule has 15 heavy (non-hydrogen) atoms. The van der Waals surface area contributed by atoms with E-state index >= 15 is 0 Å². The lowest BCUT2D eigenvalue weighted by molar-refractivity contribution is 0.147. The number of nitrogen functional groups attached to an aromatic ring is 1. The molecule has 0 saturated carbocycles. The summed E-state index contributed by atoms with van der Waals surface area (Å²) in [6.45, 7) is 1.32. The maximum atomic E-state index is 9.10. The van der Waals surface area contributed by atoms with Crippen LogP contribution in [0.3, 0.4) is 0 Å². The molecule has 0 unspecified atom stereocenters. The Kier molecular flexibility index (Phi) is 3.79. The van der Waals surface area contributed by atoms with Gasteiger partial charge in [-0.1, -0.05) is 11.6 Å². The van der Waals surface area contributed by atoms with Crippen molar-refractivity contribution in [2.24, 2.45) is 0 Å². The van der Waals surface area contributed by atoms with E-state index in [1.807, 2.05) is 0 Å². The number of hydrogen-bond acceptors (Lipinski definition) is 4. The summed E-state index contributed by atoms with van der Waals surface area (Å²) < 4.78 is 0. The van der Waals surface area contributed by atoms with Gasteiger partial charge < -0.3 is 21.3 Å². The van der Waals surface area contributed by atoms with Crippen LogP contribution < -0.4 is 11.1 Å². The second-order valence-corrected chi connectivity index (χ2v) is 4.17. The third kappa shape index (κ3) is 2.99. The number of nitrogens with two attached hydrogens (primary N) is 1. The van der Waals surface area contributed by atoms with Gasteiger partial charge in [0.25, 0.3) is 0 Å². The summed E-state index contributed by atoms with van der Waals surface area (Å²) in [7, 11) is 0. The average Bonchev–Trinajstić information content (AvgIpc) is 2.22. The summed E-state index contributed by atoms with van der Waals surface area (Å²) in [6.07, 6.45) is 0. The second kappa shape index (κ2) is 4.70. The molecule has 4 nitrogen and oxygen atoms in total. The van der Waals surface area contributed by atoms with Crippen LogP contribution in [0.4, 0.5) is 11.4 Å². The SMILES string of the molecule is CC(CO)(CO)Nc1ccc(Cl)cc1N. The van der Waals surface area contributed by atoms with Gasteiger partial charge in [0, 0.05) is 5.02 Å². The van der Waals surface area contributed by atoms with Crippen molar-refractivity contribution in [3.63, 3.8) is 0 Å². The first-order valence-electron chi connectivity index (χ1n) is 4.56. The van der Waals surface area contributed by atoms with Crippen molar-refractivity contribution < 1.29 is 10.2 Å². The molecular formula is C10H15ClN2O2. The third-order valence-corrected chi connectivity index (χ3v) is 2.38. The van der Waals surface area contributed by atoms with Crippen molar-refractivity contribution in [2.45, 2.75) is 12.5 Å². The van der Waals surface area contributed by atoms with Gasteiger partial charge in [0.15, 0.2) is 0 Å². The van der Waals surface area contributed by atoms with E-state index in [2.05, 4.69) is 5.32 Å². The van der Waals surface area contributed by atoms with Gasteiger partial charge in [0.2, 0.25) is 0 Å². The molecule has 0 aliphatic carbocycles. The second-order valence-electron chi connectivity index (χ2n) is 3.73. The van der Waals surface area contributed by atoms with E-state index in [9.17, 15) is 0 Å². The van der Waals surface area contributed by atoms with Crippen LogP contribution in [0.25, 0.3) is 0 Å². The predicted octanol–water partition coefficient (Wildman–Crippen LogP) is 1.08. The van der Waals surface area contributed by atoms with Crippen molar-refractivity contribution in [1.82, 2.24) is 0 Å². The highest BCUT2D eigenvalue weighted by molar-refractivity contribution is 6.31. The van der Waals surface area contributed by atoms with Gasteiger partial charge in [0.05, 0.1) is 30.1 Å². The molecular weight excluding hydrogens is 216 g/mol. The van der Waals surface area contributed by atoms with E-state index in [0.717, 1.165) is 0 Å². The zero-order valence-electron chi connectivity index (χ0n) is 8.50. The lowest BCUT2D eigenvalue weighted by Crippen LogP contribution is -2.42. The fraction of sp³-hybridized carbons (Fsp3) is 0.400. The quantitative estimate of drug-likeness (QED) is 0.584. The van der Waals surface area contributed by atoms with Crippen LogP contribution in [0.5, 0.6) is 0 Å². The maximum absolute atomic E-state index is 9.10. The Morgan fingerprint density at radius 1 is 1.40 bits per heavy atom. The Bertz CT molecular complexity index is 340. The predicted molar refractivity (Wildman–Crippen MR) is 62.1 cm³/mol. The number of aliphatic hydroxyl groups excluding tert-OH is 2. The van der Waals surface area contributed by atoms with Crippen molar-refractivity contribution in [1.29, 1.82) is 0 Å². The Labute approximate surface area is 93.7 Å². The summed E-state index contributed by atoms with van der Waals surface area (Å²) in [5.41, 5.74) is 6.06. The molecule has 0 bridgehead atoms. The summed E-state index contributed by atoms with van der Waals surface area (Å²) in [4.78, 5) is 0. The van der Waals surface area contributed by atoms with Crippen LogP contribution in [0.2, 0.25) is 5.02 Å². The molecule has 0 saturated heterocycles. The first-order valence-corrected chi connectivity index (χ1v) is 4.93. The van der Waals surface area contributed by atoms with Crippen LogP contribution in [0.1, 0.15) is 6.92 Å². The fourth-order valence-electron chi connectivity index (χ4n) is 1.10. The molecule has 0 aromatic heterocycles. The van der Waals surface area contributed by atoms with Crippen molar-refractivity contribution >= 4 is 23.0 Å². The van der Waals surface area contributed by atoms with E-state index in [0.29, 0.717) is 16.4 Å². The van der Waals surface area contributed by atoms with Crippen molar-refractivity contribution in [3.05, 3.63) is 23.2 Å². The van der Waals surface area contributed by atoms with E-state index < -0.39 is 5.54 Å². The number of halogens is 1. The minimum atomic E-state index is -0.790. The number of aliphatic hydroxyl groups is 2. The number of benzene rings is 1. The molecule has 1 aromatic rings. The van der Waals surface area contributed by atoms with Crippen LogP contribution in [0, 0.1) is 0 Å². The Morgan fingerprint density at radius 3 is 2.47 bits per heavy atom. The minimum absolute atomic E-state index is 0.189. The van der Waals surface area contributed by atoms with E-state index in [-0.39, 0.29) is 13.2 Å². The summed E-state index contributed by atoms with van der Waals surface area (Å²) in [6, 6.07) is 5.01. The molecule has 0 spiro atoms. The highest BCUT2D eigenvalue weighted by Gasteiger charge is 2.22. The van der Waals surface area contributed by atoms with Gasteiger partial charge in [-0.05, 0) is 25.1 Å². The number of anilines is 2. The molecule has 0 fully saturated rings. The van der Waals surface area contributed by atoms with Crippen LogP contribution in [-0.2, 0) is 0 Å². The number of rotatable bonds is 4. The van der Waals surface area contributed by atoms with Crippen LogP contribution >= 0.6 is 11.6 Å². The van der Waals surface area contributed by atoms with Crippen molar-refractivity contribution in [3.8, 4) is 0 Å². The molecule has 5 heteroatoms. The molecule has 0 aliphatic heterocycles. The van der Waals surface area contributed by atoms with E-state index in [1.165, 1.54) is 0 Å². The van der Waals surface area contributed by atoms with E-state index in [4.69, 9.17) is 27.5 Å². The van der Waals surface area contributed by atoms with Crippen LogP contribution in [0.15, 0.2) is 18.2 Å². The lowest BCUT2D eigenvalue weighted by Gasteiger charge is -2.28. The lowest BCUT2D eigenvalue weighted by atomic mass is 10.0. The Hall–Kier alpha value is -0.970. The molecule has 1 rings (SSSR count). The average molecular weight is 231 g/mol. The Morgan fingerprint density at radius 2 is 2.00 bits per heavy atom. The van der Waals surface area contributed by atoms with Gasteiger partial charge in [-0.25, -0.2) is 0 Å². The minimum Gasteiger partial charge on any atom is -0.397 e. The standard InChI is InChI=1S/C10H15ClN2O2/c1-10(5-14,6-15)13-9-3-2-7(11)4-8(9)12/h2-4,13-15H,5-6,12H2,1H3. The monoisotopic (exact) mass is 230 g/mol. The molecule has 0 amide bonds. The highest BCUT2D eigenvalue weighted by atomic mass is 35.5. The van der Waals surface area contributed by atoms with Gasteiger partial charge in [-0.15, -0.1) is 0 Å². The molecule has 84 valence electrons. The topological polar surface area (TPSA) is 78.5 Å². The number of hydrogen-bond donors (Lipinski definition) is 4. The zero-order valence-corrected chi connectivity index (χ0v) is 9.25. The maximum Gasteiger partial charge on any atom is 0.0807 e. The highest BCUT2D eigenvalue weighted by Crippen LogP contribution is 2.25. The van der Waals surface area contributed by atoms with E-state index in [1.54, 1.807) is 25.1 Å². The van der Waals surface area contributed by atoms with Crippen LogP contribution in [-0.4, -0.2) is 29.0 Å². The summed E-state index contributed by atoms with van der Waals surface area (Å²) >= 11 is 5.75. The number of nitrogens with one attached hydrogen (secondary N) is 1. The Balaban J connectivity index is 2.89. The smallest absolute Gasteiger partial charge is 0.0807 e. The molecule has 0 heterocycles. The summed E-state index contributed by atoms with van der Waals surface area (Å²) in [5, 5.41) is 21.7. The molecule has 0 radical (unpaired) electrons.